The Bertz CT molecular complexity index is 1440. The normalized spacial score (nSPS) is 13.1. The van der Waals surface area contributed by atoms with Gasteiger partial charge in [-0.3, -0.25) is 0 Å². The lowest BCUT2D eigenvalue weighted by Crippen LogP contribution is -2.26. The SMILES string of the molecule is C(=Cc1ccc(N2c3ccccc3CCc3ccccc32)cc1)c1ccc([SiH2]c2ccccc2)cc1. The molecule has 6 rings (SSSR count). The molecule has 0 N–H and O–H groups in total. The van der Waals surface area contributed by atoms with Crippen molar-refractivity contribution in [1.82, 2.24) is 0 Å². The lowest BCUT2D eigenvalue weighted by molar-refractivity contribution is 0.977. The zero-order valence-electron chi connectivity index (χ0n) is 20.3. The molecule has 1 aliphatic rings. The number of anilines is 3. The van der Waals surface area contributed by atoms with Gasteiger partial charge in [0.1, 0.15) is 0 Å². The third-order valence-corrected chi connectivity index (χ3v) is 8.74. The number of hydrogen-bond donors (Lipinski definition) is 0. The number of hydrogen-bond acceptors (Lipinski definition) is 1. The summed E-state index contributed by atoms with van der Waals surface area (Å²) in [6, 6.07) is 46.4. The van der Waals surface area contributed by atoms with Gasteiger partial charge in [0.25, 0.3) is 0 Å². The Morgan fingerprint density at radius 2 is 0.944 bits per heavy atom. The third-order valence-electron chi connectivity index (χ3n) is 6.98. The molecule has 0 amide bonds. The van der Waals surface area contributed by atoms with Crippen molar-refractivity contribution in [3.8, 4) is 0 Å². The summed E-state index contributed by atoms with van der Waals surface area (Å²) < 4.78 is 0. The van der Waals surface area contributed by atoms with Crippen molar-refractivity contribution in [3.05, 3.63) is 150 Å². The molecule has 0 aliphatic carbocycles. The highest BCUT2D eigenvalue weighted by atomic mass is 28.2. The highest BCUT2D eigenvalue weighted by Crippen LogP contribution is 2.41. The van der Waals surface area contributed by atoms with E-state index in [9.17, 15) is 0 Å². The maximum absolute atomic E-state index is 2.42. The van der Waals surface area contributed by atoms with Gasteiger partial charge < -0.3 is 4.90 Å². The first-order valence-corrected chi connectivity index (χ1v) is 14.1. The van der Waals surface area contributed by atoms with Crippen LogP contribution in [0.2, 0.25) is 0 Å². The minimum Gasteiger partial charge on any atom is -0.310 e. The van der Waals surface area contributed by atoms with E-state index in [-0.39, 0.29) is 0 Å². The predicted octanol–water partition coefficient (Wildman–Crippen LogP) is 6.55. The standard InChI is InChI=1S/C34H29NSi/c1-2-10-31(11-3-1)36-32-24-18-27(19-25-32)15-14-26-16-22-30(23-17-26)35-33-12-6-4-8-28(33)20-21-29-9-5-7-13-34(29)35/h1-19,22-25H,20-21,36H2. The maximum atomic E-state index is 2.42. The zero-order valence-corrected chi connectivity index (χ0v) is 21.8. The van der Waals surface area contributed by atoms with E-state index in [1.165, 1.54) is 49.7 Å². The van der Waals surface area contributed by atoms with E-state index in [0.29, 0.717) is 0 Å². The van der Waals surface area contributed by atoms with E-state index in [2.05, 4.69) is 144 Å². The highest BCUT2D eigenvalue weighted by Gasteiger charge is 2.21. The van der Waals surface area contributed by atoms with Gasteiger partial charge in [-0.2, -0.15) is 0 Å². The third kappa shape index (κ3) is 4.82. The average Bonchev–Trinajstić information content (AvgIpc) is 3.11. The molecule has 0 bridgehead atoms. The molecule has 2 heteroatoms. The number of fused-ring (bicyclic) bond motifs is 2. The van der Waals surface area contributed by atoms with Gasteiger partial charge in [0.15, 0.2) is 0 Å². The molecule has 0 saturated carbocycles. The quantitative estimate of drug-likeness (QED) is 0.204. The molecule has 1 aliphatic heterocycles. The molecule has 174 valence electrons. The van der Waals surface area contributed by atoms with Crippen molar-refractivity contribution in [1.29, 1.82) is 0 Å². The fourth-order valence-corrected chi connectivity index (χ4v) is 6.51. The van der Waals surface area contributed by atoms with Gasteiger partial charge in [-0.15, -0.1) is 0 Å². The molecule has 1 heterocycles. The summed E-state index contributed by atoms with van der Waals surface area (Å²) in [4.78, 5) is 2.42. The Morgan fingerprint density at radius 3 is 1.53 bits per heavy atom. The Labute approximate surface area is 216 Å². The molecule has 1 nitrogen and oxygen atoms in total. The molecule has 0 fully saturated rings. The zero-order chi connectivity index (χ0) is 24.2. The minimum absolute atomic E-state index is 0.402. The fraction of sp³-hybridized carbons (Fsp3) is 0.0588. The largest absolute Gasteiger partial charge is 0.310 e. The summed E-state index contributed by atoms with van der Waals surface area (Å²) >= 11 is 0. The average molecular weight is 480 g/mol. The first-order chi connectivity index (χ1) is 17.8. The summed E-state index contributed by atoms with van der Waals surface area (Å²) in [6.07, 6.45) is 6.55. The topological polar surface area (TPSA) is 3.24 Å². The van der Waals surface area contributed by atoms with Crippen LogP contribution >= 0.6 is 0 Å². The highest BCUT2D eigenvalue weighted by molar-refractivity contribution is 6.67. The second-order valence-corrected chi connectivity index (χ2v) is 11.4. The first kappa shape index (κ1) is 22.3. The van der Waals surface area contributed by atoms with Crippen molar-refractivity contribution in [2.24, 2.45) is 0 Å². The van der Waals surface area contributed by atoms with Crippen molar-refractivity contribution in [3.63, 3.8) is 0 Å². The Kier molecular flexibility index (Phi) is 6.34. The minimum atomic E-state index is -0.402. The van der Waals surface area contributed by atoms with Gasteiger partial charge in [-0.25, -0.2) is 0 Å². The predicted molar refractivity (Wildman–Crippen MR) is 158 cm³/mol. The Hall–Kier alpha value is -4.14. The first-order valence-electron chi connectivity index (χ1n) is 12.7. The van der Waals surface area contributed by atoms with Crippen molar-refractivity contribution < 1.29 is 0 Å². The molecular weight excluding hydrogens is 450 g/mol. The van der Waals surface area contributed by atoms with Crippen LogP contribution in [0.25, 0.3) is 12.2 Å². The van der Waals surface area contributed by atoms with Gasteiger partial charge in [0.05, 0.1) is 9.52 Å². The fourth-order valence-electron chi connectivity index (χ4n) is 5.06. The molecule has 0 radical (unpaired) electrons. The lowest BCUT2D eigenvalue weighted by Gasteiger charge is -2.27. The lowest BCUT2D eigenvalue weighted by atomic mass is 10.0. The van der Waals surface area contributed by atoms with E-state index in [0.717, 1.165) is 12.8 Å². The smallest absolute Gasteiger partial charge is 0.0875 e. The van der Waals surface area contributed by atoms with Gasteiger partial charge in [0.2, 0.25) is 0 Å². The molecule has 0 unspecified atom stereocenters. The monoisotopic (exact) mass is 479 g/mol. The van der Waals surface area contributed by atoms with Gasteiger partial charge in [-0.05, 0) is 59.4 Å². The van der Waals surface area contributed by atoms with Gasteiger partial charge >= 0.3 is 0 Å². The van der Waals surface area contributed by atoms with Crippen LogP contribution in [0, 0.1) is 0 Å². The van der Waals surface area contributed by atoms with Gasteiger partial charge in [-0.1, -0.05) is 126 Å². The number of rotatable bonds is 5. The van der Waals surface area contributed by atoms with E-state index in [1.54, 1.807) is 0 Å². The van der Waals surface area contributed by atoms with E-state index in [1.807, 2.05) is 0 Å². The van der Waals surface area contributed by atoms with E-state index < -0.39 is 9.52 Å². The summed E-state index contributed by atoms with van der Waals surface area (Å²) in [5, 5.41) is 2.95. The molecule has 0 atom stereocenters. The summed E-state index contributed by atoms with van der Waals surface area (Å²) in [6.45, 7) is 0. The summed E-state index contributed by atoms with van der Waals surface area (Å²) in [5.41, 5.74) is 9.00. The number of aryl methyl sites for hydroxylation is 2. The van der Waals surface area contributed by atoms with Crippen molar-refractivity contribution in [2.45, 2.75) is 12.8 Å². The molecular formula is C34H29NSi. The number of benzene rings is 5. The maximum Gasteiger partial charge on any atom is 0.0875 e. The van der Waals surface area contributed by atoms with Crippen LogP contribution in [0.4, 0.5) is 17.1 Å². The second kappa shape index (κ2) is 10.2. The Morgan fingerprint density at radius 1 is 0.472 bits per heavy atom. The van der Waals surface area contributed by atoms with Crippen LogP contribution in [0.5, 0.6) is 0 Å². The van der Waals surface area contributed by atoms with Crippen molar-refractivity contribution in [2.75, 3.05) is 4.90 Å². The summed E-state index contributed by atoms with van der Waals surface area (Å²) in [7, 11) is -0.402. The van der Waals surface area contributed by atoms with Crippen LogP contribution in [0.3, 0.4) is 0 Å². The molecule has 0 saturated heterocycles. The molecule has 0 spiro atoms. The molecule has 36 heavy (non-hydrogen) atoms. The van der Waals surface area contributed by atoms with Gasteiger partial charge in [0, 0.05) is 17.1 Å². The van der Waals surface area contributed by atoms with E-state index in [4.69, 9.17) is 0 Å². The second-order valence-electron chi connectivity index (χ2n) is 9.42. The molecule has 0 aromatic heterocycles. The van der Waals surface area contributed by atoms with Crippen LogP contribution in [-0.2, 0) is 12.8 Å². The van der Waals surface area contributed by atoms with Crippen molar-refractivity contribution >= 4 is 49.1 Å². The van der Waals surface area contributed by atoms with Crippen LogP contribution in [0.15, 0.2) is 127 Å². The number of para-hydroxylation sites is 2. The van der Waals surface area contributed by atoms with Crippen LogP contribution in [-0.4, -0.2) is 9.52 Å². The van der Waals surface area contributed by atoms with E-state index >= 15 is 0 Å². The van der Waals surface area contributed by atoms with Crippen LogP contribution in [0.1, 0.15) is 22.3 Å². The Balaban J connectivity index is 1.22. The van der Waals surface area contributed by atoms with Crippen LogP contribution < -0.4 is 15.3 Å². The molecule has 5 aromatic rings. The molecule has 5 aromatic carbocycles. The summed E-state index contributed by atoms with van der Waals surface area (Å²) in [5.74, 6) is 0. The number of nitrogens with zero attached hydrogens (tertiary/aromatic N) is 1.